The molecule has 0 amide bonds. The molecule has 2 saturated heterocycles. The number of rotatable bonds is 8. The van der Waals surface area contributed by atoms with E-state index in [1.54, 1.807) is 26.0 Å². The number of allylic oxidation sites excluding steroid dienone is 9. The van der Waals surface area contributed by atoms with E-state index in [0.29, 0.717) is 5.57 Å². The average Bonchev–Trinajstić information content (AvgIpc) is 3.00. The molecule has 1 unspecified atom stereocenters. The summed E-state index contributed by atoms with van der Waals surface area (Å²) in [6, 6.07) is 0. The van der Waals surface area contributed by atoms with Crippen LogP contribution in [0, 0.1) is 0 Å². The fraction of sp³-hybridized carbons (Fsp3) is 0.412. The van der Waals surface area contributed by atoms with E-state index in [0.717, 1.165) is 5.57 Å². The summed E-state index contributed by atoms with van der Waals surface area (Å²) in [4.78, 5) is 75.0. The van der Waals surface area contributed by atoms with Crippen molar-refractivity contribution in [2.24, 2.45) is 0 Å². The smallest absolute Gasteiger partial charge is 0.348 e. The zero-order valence-electron chi connectivity index (χ0n) is 27.1. The third-order valence-electron chi connectivity index (χ3n) is 7.82. The van der Waals surface area contributed by atoms with E-state index in [2.05, 4.69) is 4.74 Å². The normalized spacial score (nSPS) is 28.2. The van der Waals surface area contributed by atoms with Crippen LogP contribution in [0.3, 0.4) is 0 Å². The predicted molar refractivity (Wildman–Crippen MR) is 162 cm³/mol. The van der Waals surface area contributed by atoms with E-state index in [1.165, 1.54) is 44.4 Å². The Morgan fingerprint density at radius 1 is 0.750 bits per heavy atom. The van der Waals surface area contributed by atoms with Crippen molar-refractivity contribution in [2.75, 3.05) is 7.11 Å². The van der Waals surface area contributed by atoms with Crippen molar-refractivity contribution in [2.45, 2.75) is 83.6 Å². The number of aliphatic hydroxyl groups excluding tert-OH is 1. The second-order valence-electron chi connectivity index (χ2n) is 11.6. The maximum atomic E-state index is 12.9. The molecule has 14 nitrogen and oxygen atoms in total. The van der Waals surface area contributed by atoms with Crippen LogP contribution in [-0.2, 0) is 61.9 Å². The van der Waals surface area contributed by atoms with Gasteiger partial charge in [-0.15, -0.1) is 0 Å². The summed E-state index contributed by atoms with van der Waals surface area (Å²) in [5.74, 6) is -10.5. The van der Waals surface area contributed by atoms with Crippen LogP contribution < -0.4 is 0 Å². The largest absolute Gasteiger partial charge is 0.480 e. The number of hydrogen-bond donors (Lipinski definition) is 1. The van der Waals surface area contributed by atoms with Gasteiger partial charge in [0.25, 0.3) is 23.3 Å². The number of methoxy groups -OCH3 is 1. The van der Waals surface area contributed by atoms with Crippen LogP contribution in [-0.4, -0.2) is 65.4 Å². The molecule has 0 bridgehead atoms. The quantitative estimate of drug-likeness (QED) is 0.128. The monoisotopic (exact) mass is 668 g/mol. The van der Waals surface area contributed by atoms with Gasteiger partial charge in [0, 0.05) is 39.0 Å². The Morgan fingerprint density at radius 3 is 1.62 bits per heavy atom. The Kier molecular flexibility index (Phi) is 10.5. The molecule has 1 saturated carbocycles. The fourth-order valence-electron chi connectivity index (χ4n) is 5.11. The van der Waals surface area contributed by atoms with Gasteiger partial charge >= 0.3 is 35.8 Å². The summed E-state index contributed by atoms with van der Waals surface area (Å²) < 4.78 is 37.2. The van der Waals surface area contributed by atoms with Crippen LogP contribution >= 0.6 is 0 Å². The minimum Gasteiger partial charge on any atom is -0.480 e. The molecule has 3 fully saturated rings. The third kappa shape index (κ3) is 8.11. The molecule has 14 heteroatoms. The van der Waals surface area contributed by atoms with Gasteiger partial charge in [-0.3, -0.25) is 4.79 Å². The number of aliphatic hydroxyl groups is 1. The van der Waals surface area contributed by atoms with Gasteiger partial charge < -0.3 is 38.3 Å². The molecule has 3 heterocycles. The summed E-state index contributed by atoms with van der Waals surface area (Å²) in [6.45, 7) is 6.61. The molecule has 1 atom stereocenters. The predicted octanol–water partition coefficient (Wildman–Crippen LogP) is 4.04. The van der Waals surface area contributed by atoms with Crippen LogP contribution in [0.25, 0.3) is 0 Å². The molecule has 3 aliphatic heterocycles. The zero-order chi connectivity index (χ0) is 35.3. The van der Waals surface area contributed by atoms with Crippen LogP contribution in [0.4, 0.5) is 0 Å². The van der Waals surface area contributed by atoms with E-state index in [9.17, 15) is 33.9 Å². The SMILES string of the molecule is C/C=C/C(C)=C/C=C1C(=O)OC2(CCC3(CC2)OC(=O)C(=CC=C(C)C=CC2=C(O)OC(C)(CCC(=O)OC)OC2=O)C(=O)O3)OC1=O. The van der Waals surface area contributed by atoms with Crippen molar-refractivity contribution in [1.29, 1.82) is 0 Å². The molecule has 48 heavy (non-hydrogen) atoms. The summed E-state index contributed by atoms with van der Waals surface area (Å²) in [5, 5.41) is 10.3. The van der Waals surface area contributed by atoms with Gasteiger partial charge in [0.1, 0.15) is 16.7 Å². The van der Waals surface area contributed by atoms with Gasteiger partial charge in [0.2, 0.25) is 0 Å². The van der Waals surface area contributed by atoms with E-state index < -0.39 is 64.7 Å². The second-order valence-corrected chi connectivity index (χ2v) is 11.6. The summed E-state index contributed by atoms with van der Waals surface area (Å²) in [6.07, 6.45) is 11.2. The Bertz CT molecular complexity index is 1580. The molecular weight excluding hydrogens is 632 g/mol. The fourth-order valence-corrected chi connectivity index (χ4v) is 5.11. The van der Waals surface area contributed by atoms with Crippen molar-refractivity contribution in [3.8, 4) is 0 Å². The first-order chi connectivity index (χ1) is 22.6. The van der Waals surface area contributed by atoms with Gasteiger partial charge in [-0.1, -0.05) is 41.5 Å². The maximum Gasteiger partial charge on any atom is 0.348 e. The van der Waals surface area contributed by atoms with E-state index in [4.69, 9.17) is 28.4 Å². The molecule has 0 aromatic rings. The lowest BCUT2D eigenvalue weighted by Crippen LogP contribution is -2.56. The highest BCUT2D eigenvalue weighted by Gasteiger charge is 2.56. The van der Waals surface area contributed by atoms with E-state index in [1.807, 2.05) is 13.0 Å². The van der Waals surface area contributed by atoms with Crippen molar-refractivity contribution in [1.82, 2.24) is 0 Å². The van der Waals surface area contributed by atoms with Gasteiger partial charge in [-0.2, -0.15) is 0 Å². The van der Waals surface area contributed by atoms with Crippen LogP contribution in [0.5, 0.6) is 0 Å². The highest BCUT2D eigenvalue weighted by atomic mass is 16.8. The first-order valence-corrected chi connectivity index (χ1v) is 15.1. The van der Waals surface area contributed by atoms with Crippen LogP contribution in [0.2, 0.25) is 0 Å². The molecule has 256 valence electrons. The molecule has 4 rings (SSSR count). The molecule has 4 aliphatic rings. The van der Waals surface area contributed by atoms with Crippen LogP contribution in [0.15, 0.2) is 82.4 Å². The number of hydrogen-bond acceptors (Lipinski definition) is 14. The summed E-state index contributed by atoms with van der Waals surface area (Å²) in [5.41, 5.74) is 0.294. The van der Waals surface area contributed by atoms with Crippen molar-refractivity contribution >= 4 is 35.8 Å². The zero-order valence-corrected chi connectivity index (χ0v) is 27.1. The standard InChI is InChI=1S/C34H36O14/c1-6-7-20(2)8-11-23-28(38)45-33(46-29(23)39)16-18-34(19-17-33)47-30(40)24(31(41)48-34)13-10-21(3)9-12-22-26(36)43-32(4,44-27(22)37)15-14-25(35)42-5/h6-13,36H,14-19H2,1-5H3/b7-6+,12-9?,20-8+,21-10?,23-11?,24-13?. The third-order valence-corrected chi connectivity index (χ3v) is 7.82. The highest BCUT2D eigenvalue weighted by Crippen LogP contribution is 2.45. The van der Waals surface area contributed by atoms with Gasteiger partial charge in [0.15, 0.2) is 0 Å². The number of cyclic esters (lactones) is 1. The Morgan fingerprint density at radius 2 is 1.21 bits per heavy atom. The number of carbonyl (C=O) groups excluding carboxylic acids is 6. The van der Waals surface area contributed by atoms with Crippen molar-refractivity contribution in [3.05, 3.63) is 82.4 Å². The average molecular weight is 669 g/mol. The number of ether oxygens (including phenoxy) is 7. The van der Waals surface area contributed by atoms with Gasteiger partial charge in [-0.25, -0.2) is 24.0 Å². The number of carbonyl (C=O) groups is 6. The van der Waals surface area contributed by atoms with Crippen LogP contribution in [0.1, 0.15) is 66.2 Å². The number of esters is 6. The van der Waals surface area contributed by atoms with Crippen molar-refractivity contribution < 1.29 is 67.0 Å². The van der Waals surface area contributed by atoms with E-state index >= 15 is 0 Å². The topological polar surface area (TPSA) is 187 Å². The Labute approximate surface area is 275 Å². The Balaban J connectivity index is 1.37. The van der Waals surface area contributed by atoms with Gasteiger partial charge in [-0.05, 0) is 39.0 Å². The van der Waals surface area contributed by atoms with Crippen molar-refractivity contribution in [3.63, 3.8) is 0 Å². The molecular formula is C34H36O14. The first kappa shape index (κ1) is 35.5. The minimum absolute atomic E-state index is 0.0536. The first-order valence-electron chi connectivity index (χ1n) is 15.1. The molecule has 0 aromatic carbocycles. The molecule has 1 N–H and O–H groups in total. The lowest BCUT2D eigenvalue weighted by atomic mass is 9.87. The lowest BCUT2D eigenvalue weighted by molar-refractivity contribution is -0.291. The van der Waals surface area contributed by atoms with E-state index in [-0.39, 0.29) is 49.7 Å². The maximum absolute atomic E-state index is 12.9. The molecule has 0 radical (unpaired) electrons. The lowest BCUT2D eigenvalue weighted by Gasteiger charge is -2.46. The van der Waals surface area contributed by atoms with Gasteiger partial charge in [0.05, 0.1) is 13.5 Å². The second kappa shape index (κ2) is 14.2. The molecule has 2 spiro atoms. The minimum atomic E-state index is -1.63. The molecule has 0 aromatic heterocycles. The highest BCUT2D eigenvalue weighted by molar-refractivity contribution is 6.16. The molecule has 1 aliphatic carbocycles. The summed E-state index contributed by atoms with van der Waals surface area (Å²) >= 11 is 0. The summed E-state index contributed by atoms with van der Waals surface area (Å²) in [7, 11) is 1.21. The Hall–Kier alpha value is -5.40.